The molecule has 0 fully saturated rings. The second-order valence-corrected chi connectivity index (χ2v) is 8.51. The molecule has 7 rings (SSSR count). The molecule has 0 aliphatic carbocycles. The Morgan fingerprint density at radius 2 is 1.15 bits per heavy atom. The molecular formula is C31H21N3. The van der Waals surface area contributed by atoms with Crippen molar-refractivity contribution in [2.45, 2.75) is 0 Å². The molecule has 34 heavy (non-hydrogen) atoms. The molecule has 3 nitrogen and oxygen atoms in total. The number of fused-ring (bicyclic) bond motifs is 5. The van der Waals surface area contributed by atoms with Gasteiger partial charge in [-0.15, -0.1) is 0 Å². The zero-order valence-electron chi connectivity index (χ0n) is 18.5. The van der Waals surface area contributed by atoms with Crippen molar-refractivity contribution < 1.29 is 0 Å². The van der Waals surface area contributed by atoms with Gasteiger partial charge in [-0.3, -0.25) is 14.1 Å². The summed E-state index contributed by atoms with van der Waals surface area (Å²) in [6.45, 7) is 0. The number of pyridine rings is 1. The molecule has 0 bridgehead atoms. The fraction of sp³-hybridized carbons (Fsp3) is 0. The minimum atomic E-state index is 1.02. The van der Waals surface area contributed by atoms with Gasteiger partial charge in [-0.05, 0) is 53.6 Å². The Balaban J connectivity index is 1.65. The van der Waals surface area contributed by atoms with Crippen LogP contribution in [0.4, 0.5) is 0 Å². The second-order valence-electron chi connectivity index (χ2n) is 8.51. The summed E-state index contributed by atoms with van der Waals surface area (Å²) in [5.74, 6) is 0. The lowest BCUT2D eigenvalue weighted by Gasteiger charge is -2.13. The fourth-order valence-corrected chi connectivity index (χ4v) is 5.11. The summed E-state index contributed by atoms with van der Waals surface area (Å²) in [4.78, 5) is 4.86. The van der Waals surface area contributed by atoms with Crippen molar-refractivity contribution >= 4 is 33.0 Å². The molecule has 0 N–H and O–H groups in total. The van der Waals surface area contributed by atoms with E-state index in [1.807, 2.05) is 12.3 Å². The fourth-order valence-electron chi connectivity index (χ4n) is 5.11. The van der Waals surface area contributed by atoms with E-state index in [4.69, 9.17) is 4.98 Å². The number of nitrogens with zero attached hydrogens (tertiary/aromatic N) is 3. The second kappa shape index (κ2) is 7.46. The van der Waals surface area contributed by atoms with Crippen LogP contribution in [0.1, 0.15) is 0 Å². The SMILES string of the molecule is c1ccc(-c2cccc(-n3c4cccnc4c4c5ccccc5n(-c5ccccc5)c43)c2)cc1. The molecule has 4 aromatic carbocycles. The van der Waals surface area contributed by atoms with Crippen LogP contribution < -0.4 is 0 Å². The molecule has 0 aliphatic rings. The third-order valence-electron chi connectivity index (χ3n) is 6.55. The van der Waals surface area contributed by atoms with Crippen LogP contribution in [0.2, 0.25) is 0 Å². The first kappa shape index (κ1) is 18.9. The lowest BCUT2D eigenvalue weighted by atomic mass is 10.1. The van der Waals surface area contributed by atoms with E-state index in [2.05, 4.69) is 124 Å². The van der Waals surface area contributed by atoms with Gasteiger partial charge in [0.25, 0.3) is 0 Å². The predicted molar refractivity (Wildman–Crippen MR) is 141 cm³/mol. The zero-order chi connectivity index (χ0) is 22.5. The highest BCUT2D eigenvalue weighted by Crippen LogP contribution is 2.40. The Kier molecular flexibility index (Phi) is 4.15. The Labute approximate surface area is 197 Å². The number of hydrogen-bond acceptors (Lipinski definition) is 1. The molecule has 3 heteroatoms. The highest BCUT2D eigenvalue weighted by Gasteiger charge is 2.22. The standard InChI is InChI=1S/C31H21N3/c1-3-11-22(12-4-1)23-13-9-16-25(21-23)34-28-19-10-20-32-30(28)29-26-17-7-8-18-27(26)33(31(29)34)24-14-5-2-6-15-24/h1-21H. The first-order chi connectivity index (χ1) is 16.9. The van der Waals surface area contributed by atoms with E-state index in [0.29, 0.717) is 0 Å². The Morgan fingerprint density at radius 3 is 2.00 bits per heavy atom. The van der Waals surface area contributed by atoms with Gasteiger partial charge in [0.2, 0.25) is 0 Å². The molecular weight excluding hydrogens is 414 g/mol. The van der Waals surface area contributed by atoms with Crippen LogP contribution in [0.5, 0.6) is 0 Å². The van der Waals surface area contributed by atoms with Crippen LogP contribution in [-0.2, 0) is 0 Å². The van der Waals surface area contributed by atoms with Gasteiger partial charge in [0.1, 0.15) is 5.65 Å². The number of rotatable bonds is 3. The number of hydrogen-bond donors (Lipinski definition) is 0. The summed E-state index contributed by atoms with van der Waals surface area (Å²) >= 11 is 0. The van der Waals surface area contributed by atoms with Gasteiger partial charge in [0, 0.05) is 23.0 Å². The number of aromatic nitrogens is 3. The predicted octanol–water partition coefficient (Wildman–Crippen LogP) is 7.79. The van der Waals surface area contributed by atoms with Gasteiger partial charge < -0.3 is 0 Å². The van der Waals surface area contributed by atoms with Crippen molar-refractivity contribution in [2.75, 3.05) is 0 Å². The van der Waals surface area contributed by atoms with Gasteiger partial charge in [-0.25, -0.2) is 0 Å². The average Bonchev–Trinajstić information content (AvgIpc) is 3.42. The van der Waals surface area contributed by atoms with E-state index in [-0.39, 0.29) is 0 Å². The molecule has 0 atom stereocenters. The van der Waals surface area contributed by atoms with Gasteiger partial charge in [-0.1, -0.05) is 78.9 Å². The van der Waals surface area contributed by atoms with Crippen LogP contribution >= 0.6 is 0 Å². The molecule has 0 amide bonds. The molecule has 3 aromatic heterocycles. The van der Waals surface area contributed by atoms with Crippen LogP contribution in [0.25, 0.3) is 55.5 Å². The van der Waals surface area contributed by atoms with Crippen LogP contribution in [0.15, 0.2) is 128 Å². The first-order valence-corrected chi connectivity index (χ1v) is 11.5. The minimum Gasteiger partial charge on any atom is -0.295 e. The molecule has 0 spiro atoms. The van der Waals surface area contributed by atoms with Gasteiger partial charge in [-0.2, -0.15) is 0 Å². The van der Waals surface area contributed by atoms with Crippen LogP contribution in [0, 0.1) is 0 Å². The van der Waals surface area contributed by atoms with E-state index in [1.165, 1.54) is 27.4 Å². The van der Waals surface area contributed by atoms with E-state index in [0.717, 1.165) is 28.1 Å². The van der Waals surface area contributed by atoms with E-state index < -0.39 is 0 Å². The summed E-state index contributed by atoms with van der Waals surface area (Å²) in [5, 5.41) is 2.39. The summed E-state index contributed by atoms with van der Waals surface area (Å²) in [5.41, 5.74) is 9.09. The van der Waals surface area contributed by atoms with E-state index in [9.17, 15) is 0 Å². The summed E-state index contributed by atoms with van der Waals surface area (Å²) in [7, 11) is 0. The molecule has 3 heterocycles. The maximum Gasteiger partial charge on any atom is 0.133 e. The molecule has 0 aliphatic heterocycles. The molecule has 160 valence electrons. The lowest BCUT2D eigenvalue weighted by molar-refractivity contribution is 1.07. The molecule has 7 aromatic rings. The zero-order valence-corrected chi connectivity index (χ0v) is 18.5. The van der Waals surface area contributed by atoms with Crippen LogP contribution in [-0.4, -0.2) is 14.1 Å². The molecule has 0 unspecified atom stereocenters. The number of benzene rings is 4. The summed E-state index contributed by atoms with van der Waals surface area (Å²) < 4.78 is 4.72. The van der Waals surface area contributed by atoms with Crippen molar-refractivity contribution in [3.8, 4) is 22.5 Å². The maximum atomic E-state index is 4.86. The van der Waals surface area contributed by atoms with E-state index in [1.54, 1.807) is 0 Å². The van der Waals surface area contributed by atoms with Crippen molar-refractivity contribution in [2.24, 2.45) is 0 Å². The summed E-state index contributed by atoms with van der Waals surface area (Å²) in [6.07, 6.45) is 1.89. The molecule has 0 saturated carbocycles. The Hall–Kier alpha value is -4.63. The van der Waals surface area contributed by atoms with Crippen molar-refractivity contribution in [3.63, 3.8) is 0 Å². The van der Waals surface area contributed by atoms with Crippen molar-refractivity contribution in [1.82, 2.24) is 14.1 Å². The normalized spacial score (nSPS) is 11.5. The smallest absolute Gasteiger partial charge is 0.133 e. The van der Waals surface area contributed by atoms with E-state index >= 15 is 0 Å². The largest absolute Gasteiger partial charge is 0.295 e. The highest BCUT2D eigenvalue weighted by atomic mass is 15.1. The highest BCUT2D eigenvalue weighted by molar-refractivity contribution is 6.21. The third-order valence-corrected chi connectivity index (χ3v) is 6.55. The van der Waals surface area contributed by atoms with Crippen molar-refractivity contribution in [1.29, 1.82) is 0 Å². The van der Waals surface area contributed by atoms with Gasteiger partial charge in [0.15, 0.2) is 0 Å². The summed E-state index contributed by atoms with van der Waals surface area (Å²) in [6, 6.07) is 42.7. The van der Waals surface area contributed by atoms with Crippen molar-refractivity contribution in [3.05, 3.63) is 128 Å². The lowest BCUT2D eigenvalue weighted by Crippen LogP contribution is -2.01. The number of para-hydroxylation sites is 2. The van der Waals surface area contributed by atoms with Crippen LogP contribution in [0.3, 0.4) is 0 Å². The minimum absolute atomic E-state index is 1.02. The molecule has 0 radical (unpaired) electrons. The topological polar surface area (TPSA) is 22.8 Å². The van der Waals surface area contributed by atoms with Gasteiger partial charge in [0.05, 0.1) is 21.9 Å². The maximum absolute atomic E-state index is 4.86. The Morgan fingerprint density at radius 1 is 0.500 bits per heavy atom. The monoisotopic (exact) mass is 435 g/mol. The van der Waals surface area contributed by atoms with Gasteiger partial charge >= 0.3 is 0 Å². The molecule has 0 saturated heterocycles. The quantitative estimate of drug-likeness (QED) is 0.278. The third kappa shape index (κ3) is 2.74. The Bertz CT molecular complexity index is 1790. The first-order valence-electron chi connectivity index (χ1n) is 11.5. The average molecular weight is 436 g/mol.